The van der Waals surface area contributed by atoms with Crippen molar-refractivity contribution in [1.29, 1.82) is 0 Å². The third kappa shape index (κ3) is 3.74. The number of aromatic nitrogens is 2. The van der Waals surface area contributed by atoms with E-state index in [4.69, 9.17) is 0 Å². The van der Waals surface area contributed by atoms with Gasteiger partial charge in [0.2, 0.25) is 5.91 Å². The minimum Gasteiger partial charge on any atom is -0.342 e. The van der Waals surface area contributed by atoms with Gasteiger partial charge in [0.25, 0.3) is 0 Å². The van der Waals surface area contributed by atoms with E-state index < -0.39 is 0 Å². The van der Waals surface area contributed by atoms with Crippen LogP contribution in [0, 0.1) is 11.7 Å². The Labute approximate surface area is 147 Å². The van der Waals surface area contributed by atoms with Crippen LogP contribution in [0.15, 0.2) is 36.7 Å². The van der Waals surface area contributed by atoms with Crippen LogP contribution in [0.3, 0.4) is 0 Å². The van der Waals surface area contributed by atoms with Crippen LogP contribution in [0.4, 0.5) is 4.39 Å². The molecule has 25 heavy (non-hydrogen) atoms. The number of benzene rings is 1. The maximum absolute atomic E-state index is 13.1. The molecule has 3 heterocycles. The summed E-state index contributed by atoms with van der Waals surface area (Å²) in [6.45, 7) is 5.01. The fourth-order valence-corrected chi connectivity index (χ4v) is 3.92. The van der Waals surface area contributed by atoms with Gasteiger partial charge in [-0.2, -0.15) is 0 Å². The van der Waals surface area contributed by atoms with Crippen LogP contribution in [0.1, 0.15) is 24.2 Å². The van der Waals surface area contributed by atoms with Crippen molar-refractivity contribution in [3.8, 4) is 0 Å². The molecule has 0 radical (unpaired) electrons. The first-order valence-corrected chi connectivity index (χ1v) is 8.92. The number of amides is 1. The number of hydrogen-bond acceptors (Lipinski definition) is 3. The topological polar surface area (TPSA) is 41.4 Å². The predicted molar refractivity (Wildman–Crippen MR) is 92.0 cm³/mol. The molecule has 0 N–H and O–H groups in total. The molecule has 1 amide bonds. The van der Waals surface area contributed by atoms with Gasteiger partial charge in [0.15, 0.2) is 0 Å². The summed E-state index contributed by atoms with van der Waals surface area (Å²) >= 11 is 0. The van der Waals surface area contributed by atoms with Crippen LogP contribution in [0.2, 0.25) is 0 Å². The van der Waals surface area contributed by atoms with Crippen molar-refractivity contribution in [1.82, 2.24) is 19.4 Å². The molecular formula is C19H23FN4O. The Kier molecular flexibility index (Phi) is 4.53. The molecule has 132 valence electrons. The molecule has 0 aliphatic carbocycles. The summed E-state index contributed by atoms with van der Waals surface area (Å²) in [5.41, 5.74) is 1.09. The van der Waals surface area contributed by atoms with E-state index in [1.54, 1.807) is 0 Å². The number of likely N-dealkylation sites (tertiary alicyclic amines) is 1. The molecule has 4 rings (SSSR count). The van der Waals surface area contributed by atoms with E-state index in [0.29, 0.717) is 12.3 Å². The molecule has 1 atom stereocenters. The van der Waals surface area contributed by atoms with Crippen LogP contribution >= 0.6 is 0 Å². The van der Waals surface area contributed by atoms with Gasteiger partial charge in [0.1, 0.15) is 11.6 Å². The lowest BCUT2D eigenvalue weighted by Gasteiger charge is -2.27. The highest BCUT2D eigenvalue weighted by atomic mass is 19.1. The molecule has 0 spiro atoms. The summed E-state index contributed by atoms with van der Waals surface area (Å²) in [6.07, 6.45) is 5.52. The lowest BCUT2D eigenvalue weighted by atomic mass is 10.1. The third-order valence-electron chi connectivity index (χ3n) is 5.11. The van der Waals surface area contributed by atoms with Gasteiger partial charge in [-0.25, -0.2) is 9.37 Å². The van der Waals surface area contributed by atoms with Gasteiger partial charge in [0, 0.05) is 57.5 Å². The Hall–Kier alpha value is -2.21. The molecule has 5 nitrogen and oxygen atoms in total. The number of hydrogen-bond donors (Lipinski definition) is 0. The molecule has 0 bridgehead atoms. The Morgan fingerprint density at radius 3 is 2.80 bits per heavy atom. The number of imidazole rings is 1. The van der Waals surface area contributed by atoms with Crippen LogP contribution in [0.5, 0.6) is 0 Å². The quantitative estimate of drug-likeness (QED) is 0.856. The van der Waals surface area contributed by atoms with Crippen molar-refractivity contribution < 1.29 is 9.18 Å². The van der Waals surface area contributed by atoms with E-state index in [0.717, 1.165) is 57.1 Å². The summed E-state index contributed by atoms with van der Waals surface area (Å²) in [6, 6.07) is 6.69. The fourth-order valence-electron chi connectivity index (χ4n) is 3.92. The Morgan fingerprint density at radius 1 is 1.20 bits per heavy atom. The second kappa shape index (κ2) is 6.96. The minimum absolute atomic E-state index is 0.208. The highest BCUT2D eigenvalue weighted by Gasteiger charge is 2.27. The van der Waals surface area contributed by atoms with Crippen LogP contribution in [-0.4, -0.2) is 44.9 Å². The molecule has 1 fully saturated rings. The van der Waals surface area contributed by atoms with E-state index in [-0.39, 0.29) is 11.7 Å². The number of rotatable bonds is 4. The first kappa shape index (κ1) is 16.3. The van der Waals surface area contributed by atoms with Crippen LogP contribution in [0.25, 0.3) is 0 Å². The number of fused-ring (bicyclic) bond motifs is 1. The maximum Gasteiger partial charge on any atom is 0.222 e. The molecule has 1 unspecified atom stereocenters. The van der Waals surface area contributed by atoms with Crippen LogP contribution in [-0.2, 0) is 24.4 Å². The highest BCUT2D eigenvalue weighted by Crippen LogP contribution is 2.21. The van der Waals surface area contributed by atoms with E-state index in [1.165, 1.54) is 12.1 Å². The lowest BCUT2D eigenvalue weighted by Crippen LogP contribution is -2.37. The van der Waals surface area contributed by atoms with Gasteiger partial charge in [-0.1, -0.05) is 12.1 Å². The van der Waals surface area contributed by atoms with Gasteiger partial charge < -0.3 is 9.47 Å². The third-order valence-corrected chi connectivity index (χ3v) is 5.11. The maximum atomic E-state index is 13.1. The zero-order valence-electron chi connectivity index (χ0n) is 14.3. The zero-order chi connectivity index (χ0) is 17.2. The first-order chi connectivity index (χ1) is 12.2. The predicted octanol–water partition coefficient (Wildman–Crippen LogP) is 2.28. The van der Waals surface area contributed by atoms with Gasteiger partial charge in [0.05, 0.1) is 6.54 Å². The van der Waals surface area contributed by atoms with E-state index in [2.05, 4.69) is 14.5 Å². The molecule has 2 aliphatic rings. The summed E-state index contributed by atoms with van der Waals surface area (Å²) in [4.78, 5) is 20.8. The van der Waals surface area contributed by atoms with Crippen molar-refractivity contribution in [3.05, 3.63) is 53.9 Å². The van der Waals surface area contributed by atoms with E-state index in [1.807, 2.05) is 29.4 Å². The van der Waals surface area contributed by atoms with Gasteiger partial charge in [-0.15, -0.1) is 0 Å². The molecular weight excluding hydrogens is 319 g/mol. The zero-order valence-corrected chi connectivity index (χ0v) is 14.3. The average Bonchev–Trinajstić information content (AvgIpc) is 3.15. The van der Waals surface area contributed by atoms with E-state index in [9.17, 15) is 9.18 Å². The molecule has 2 aliphatic heterocycles. The number of carbonyl (C=O) groups is 1. The van der Waals surface area contributed by atoms with Gasteiger partial charge in [-0.05, 0) is 24.1 Å². The smallest absolute Gasteiger partial charge is 0.222 e. The van der Waals surface area contributed by atoms with Gasteiger partial charge in [-0.3, -0.25) is 9.69 Å². The van der Waals surface area contributed by atoms with Crippen molar-refractivity contribution in [2.45, 2.75) is 32.5 Å². The lowest BCUT2D eigenvalue weighted by molar-refractivity contribution is -0.128. The average molecular weight is 342 g/mol. The molecule has 1 aromatic heterocycles. The Balaban J connectivity index is 1.50. The normalized spacial score (nSPS) is 21.4. The molecule has 0 saturated carbocycles. The summed E-state index contributed by atoms with van der Waals surface area (Å²) in [5, 5.41) is 0. The fraction of sp³-hybridized carbons (Fsp3) is 0.474. The highest BCUT2D eigenvalue weighted by molar-refractivity contribution is 5.78. The monoisotopic (exact) mass is 342 g/mol. The SMILES string of the molecule is O=C1CCCN1CC1CN(Cc2ccc(F)cc2)Cc2nccn2C1. The van der Waals surface area contributed by atoms with Crippen molar-refractivity contribution in [2.75, 3.05) is 19.6 Å². The molecule has 1 saturated heterocycles. The standard InChI is InChI=1S/C19H23FN4O/c20-17-5-3-15(4-6-17)10-22-11-16(13-24-8-1-2-19(24)25)12-23-9-7-21-18(23)14-22/h3-7,9,16H,1-2,8,10-14H2. The second-order valence-electron chi connectivity index (χ2n) is 7.10. The number of halogens is 1. The van der Waals surface area contributed by atoms with Crippen molar-refractivity contribution in [2.24, 2.45) is 5.92 Å². The first-order valence-electron chi connectivity index (χ1n) is 8.92. The Bertz CT molecular complexity index is 742. The van der Waals surface area contributed by atoms with E-state index >= 15 is 0 Å². The van der Waals surface area contributed by atoms with Crippen LogP contribution < -0.4 is 0 Å². The number of nitrogens with zero attached hydrogens (tertiary/aromatic N) is 4. The summed E-state index contributed by atoms with van der Waals surface area (Å²) in [5.74, 6) is 1.50. The van der Waals surface area contributed by atoms with Gasteiger partial charge >= 0.3 is 0 Å². The molecule has 2 aromatic rings. The minimum atomic E-state index is -0.208. The Morgan fingerprint density at radius 2 is 2.04 bits per heavy atom. The molecule has 6 heteroatoms. The second-order valence-corrected chi connectivity index (χ2v) is 7.10. The van der Waals surface area contributed by atoms with Crippen molar-refractivity contribution >= 4 is 5.91 Å². The summed E-state index contributed by atoms with van der Waals surface area (Å²) in [7, 11) is 0. The largest absolute Gasteiger partial charge is 0.342 e. The molecule has 1 aromatic carbocycles. The number of carbonyl (C=O) groups excluding carboxylic acids is 1. The van der Waals surface area contributed by atoms with Crippen molar-refractivity contribution in [3.63, 3.8) is 0 Å². The summed E-state index contributed by atoms with van der Waals surface area (Å²) < 4.78 is 15.4.